The molecule has 0 spiro atoms. The molecule has 4 rings (SSSR count). The summed E-state index contributed by atoms with van der Waals surface area (Å²) in [6.45, 7) is 0. The van der Waals surface area contributed by atoms with Gasteiger partial charge in [0.15, 0.2) is 10.3 Å². The van der Waals surface area contributed by atoms with Crippen LogP contribution in [0.3, 0.4) is 0 Å². The number of hydrogen-bond donors (Lipinski definition) is 2. The third-order valence-electron chi connectivity index (χ3n) is 4.44. The van der Waals surface area contributed by atoms with Crippen molar-refractivity contribution in [3.63, 3.8) is 0 Å². The fraction of sp³-hybridized carbons (Fsp3) is 0.300. The maximum absolute atomic E-state index is 12.3. The number of benzene rings is 1. The van der Waals surface area contributed by atoms with Crippen molar-refractivity contribution in [2.75, 3.05) is 10.6 Å². The number of carbonyl (C=O) groups excluding carboxylic acids is 2. The Hall–Kier alpha value is -2.58. The van der Waals surface area contributed by atoms with E-state index in [0.717, 1.165) is 24.1 Å². The number of amides is 2. The van der Waals surface area contributed by atoms with Crippen molar-refractivity contribution in [1.82, 2.24) is 9.97 Å². The van der Waals surface area contributed by atoms with Crippen molar-refractivity contribution in [3.05, 3.63) is 57.5 Å². The predicted octanol–water partition coefficient (Wildman–Crippen LogP) is 3.84. The van der Waals surface area contributed by atoms with Gasteiger partial charge >= 0.3 is 0 Å². The zero-order valence-electron chi connectivity index (χ0n) is 15.2. The second kappa shape index (κ2) is 8.62. The molecule has 0 fully saturated rings. The highest BCUT2D eigenvalue weighted by Crippen LogP contribution is 2.29. The molecule has 2 N–H and O–H groups in total. The van der Waals surface area contributed by atoms with Crippen LogP contribution in [0.2, 0.25) is 0 Å². The Labute approximate surface area is 171 Å². The van der Waals surface area contributed by atoms with Crippen LogP contribution in [-0.4, -0.2) is 21.8 Å². The van der Waals surface area contributed by atoms with E-state index < -0.39 is 0 Å². The maximum atomic E-state index is 12.3. The minimum absolute atomic E-state index is 0.120. The Morgan fingerprint density at radius 3 is 2.50 bits per heavy atom. The van der Waals surface area contributed by atoms with Gasteiger partial charge in [-0.3, -0.25) is 9.59 Å². The molecule has 0 saturated carbocycles. The quantitative estimate of drug-likeness (QED) is 0.644. The van der Waals surface area contributed by atoms with E-state index in [1.807, 2.05) is 30.3 Å². The van der Waals surface area contributed by atoms with Gasteiger partial charge in [-0.1, -0.05) is 30.3 Å². The van der Waals surface area contributed by atoms with E-state index in [-0.39, 0.29) is 18.2 Å². The Kier molecular flexibility index (Phi) is 5.78. The summed E-state index contributed by atoms with van der Waals surface area (Å²) in [6, 6.07) is 9.55. The highest BCUT2D eigenvalue weighted by molar-refractivity contribution is 7.16. The van der Waals surface area contributed by atoms with E-state index in [0.29, 0.717) is 22.4 Å². The summed E-state index contributed by atoms with van der Waals surface area (Å²) in [7, 11) is 0. The van der Waals surface area contributed by atoms with Gasteiger partial charge < -0.3 is 10.6 Å². The van der Waals surface area contributed by atoms with Crippen LogP contribution in [0.15, 0.2) is 35.7 Å². The van der Waals surface area contributed by atoms with Crippen LogP contribution >= 0.6 is 22.7 Å². The van der Waals surface area contributed by atoms with Crippen LogP contribution in [0.25, 0.3) is 0 Å². The molecule has 3 aromatic rings. The molecule has 0 bridgehead atoms. The molecule has 144 valence electrons. The number of nitrogens with one attached hydrogen (secondary N) is 2. The molecule has 1 aromatic carbocycles. The predicted molar refractivity (Wildman–Crippen MR) is 112 cm³/mol. The second-order valence-corrected chi connectivity index (χ2v) is 8.62. The molecule has 0 atom stereocenters. The monoisotopic (exact) mass is 412 g/mol. The molecule has 0 aliphatic heterocycles. The molecule has 2 aromatic heterocycles. The van der Waals surface area contributed by atoms with Crippen LogP contribution in [0.4, 0.5) is 10.3 Å². The van der Waals surface area contributed by atoms with Gasteiger partial charge in [0.2, 0.25) is 11.8 Å². The summed E-state index contributed by atoms with van der Waals surface area (Å²) in [4.78, 5) is 34.6. The SMILES string of the molecule is O=C(Cc1ccccc1)Nc1nc(CC(=O)Nc2nc3c(s2)CCCC3)cs1. The van der Waals surface area contributed by atoms with Crippen LogP contribution < -0.4 is 10.6 Å². The van der Waals surface area contributed by atoms with Crippen LogP contribution in [0.1, 0.15) is 34.7 Å². The van der Waals surface area contributed by atoms with Crippen molar-refractivity contribution < 1.29 is 9.59 Å². The molecule has 2 amide bonds. The zero-order chi connectivity index (χ0) is 19.3. The number of rotatable bonds is 6. The zero-order valence-corrected chi connectivity index (χ0v) is 16.9. The number of fused-ring (bicyclic) bond motifs is 1. The Morgan fingerprint density at radius 1 is 0.929 bits per heavy atom. The molecule has 28 heavy (non-hydrogen) atoms. The van der Waals surface area contributed by atoms with Gasteiger partial charge in [0.1, 0.15) is 0 Å². The first kappa shape index (κ1) is 18.8. The minimum Gasteiger partial charge on any atom is -0.302 e. The summed E-state index contributed by atoms with van der Waals surface area (Å²) in [5, 5.41) is 8.64. The van der Waals surface area contributed by atoms with Gasteiger partial charge in [-0.2, -0.15) is 0 Å². The van der Waals surface area contributed by atoms with Crippen LogP contribution in [-0.2, 0) is 35.3 Å². The fourth-order valence-electron chi connectivity index (χ4n) is 3.12. The lowest BCUT2D eigenvalue weighted by Gasteiger charge is -2.06. The van der Waals surface area contributed by atoms with E-state index in [1.54, 1.807) is 16.7 Å². The number of thiazole rings is 2. The van der Waals surface area contributed by atoms with Crippen molar-refractivity contribution >= 4 is 44.8 Å². The summed E-state index contributed by atoms with van der Waals surface area (Å²) >= 11 is 2.89. The third-order valence-corrected chi connectivity index (χ3v) is 6.32. The van der Waals surface area contributed by atoms with E-state index in [2.05, 4.69) is 20.6 Å². The van der Waals surface area contributed by atoms with E-state index in [9.17, 15) is 9.59 Å². The molecular weight excluding hydrogens is 392 g/mol. The molecular formula is C20H20N4O2S2. The van der Waals surface area contributed by atoms with Crippen LogP contribution in [0, 0.1) is 0 Å². The molecule has 0 unspecified atom stereocenters. The number of aryl methyl sites for hydroxylation is 2. The Balaban J connectivity index is 1.29. The minimum atomic E-state index is -0.140. The van der Waals surface area contributed by atoms with Gasteiger partial charge in [-0.25, -0.2) is 9.97 Å². The number of anilines is 2. The molecule has 2 heterocycles. The largest absolute Gasteiger partial charge is 0.302 e. The number of carbonyl (C=O) groups is 2. The molecule has 0 saturated heterocycles. The summed E-state index contributed by atoms with van der Waals surface area (Å²) < 4.78 is 0. The number of aromatic nitrogens is 2. The lowest BCUT2D eigenvalue weighted by Crippen LogP contribution is -2.16. The Morgan fingerprint density at radius 2 is 1.68 bits per heavy atom. The molecule has 0 radical (unpaired) electrons. The maximum Gasteiger partial charge on any atom is 0.232 e. The molecule has 1 aliphatic rings. The fourth-order valence-corrected chi connectivity index (χ4v) is 4.92. The van der Waals surface area contributed by atoms with Crippen molar-refractivity contribution in [2.45, 2.75) is 38.5 Å². The molecule has 8 heteroatoms. The van der Waals surface area contributed by atoms with E-state index in [1.165, 1.54) is 29.1 Å². The van der Waals surface area contributed by atoms with Crippen LogP contribution in [0.5, 0.6) is 0 Å². The summed E-state index contributed by atoms with van der Waals surface area (Å²) in [5.41, 5.74) is 2.71. The van der Waals surface area contributed by atoms with Gasteiger partial charge in [0, 0.05) is 10.3 Å². The van der Waals surface area contributed by atoms with Gasteiger partial charge in [0.25, 0.3) is 0 Å². The highest BCUT2D eigenvalue weighted by atomic mass is 32.1. The average Bonchev–Trinajstić information content (AvgIpc) is 3.28. The van der Waals surface area contributed by atoms with E-state index in [4.69, 9.17) is 0 Å². The summed E-state index contributed by atoms with van der Waals surface area (Å²) in [5.74, 6) is -0.261. The van der Waals surface area contributed by atoms with Gasteiger partial charge in [-0.15, -0.1) is 22.7 Å². The topological polar surface area (TPSA) is 84.0 Å². The first-order chi connectivity index (χ1) is 13.7. The van der Waals surface area contributed by atoms with Crippen molar-refractivity contribution in [3.8, 4) is 0 Å². The number of nitrogens with zero attached hydrogens (tertiary/aromatic N) is 2. The smallest absolute Gasteiger partial charge is 0.232 e. The van der Waals surface area contributed by atoms with Crippen molar-refractivity contribution in [1.29, 1.82) is 0 Å². The lowest BCUT2D eigenvalue weighted by molar-refractivity contribution is -0.116. The van der Waals surface area contributed by atoms with Gasteiger partial charge in [0.05, 0.1) is 24.2 Å². The second-order valence-electron chi connectivity index (χ2n) is 6.68. The standard InChI is InChI=1S/C20H20N4O2S2/c25-17(10-13-6-2-1-3-7-13)23-19-21-14(12-27-19)11-18(26)24-20-22-15-8-4-5-9-16(15)28-20/h1-3,6-7,12H,4-5,8-11H2,(H,21,23,25)(H,22,24,26). The van der Waals surface area contributed by atoms with Gasteiger partial charge in [-0.05, 0) is 31.2 Å². The highest BCUT2D eigenvalue weighted by Gasteiger charge is 2.17. The molecule has 1 aliphatic carbocycles. The average molecular weight is 413 g/mol. The first-order valence-corrected chi connectivity index (χ1v) is 10.9. The van der Waals surface area contributed by atoms with E-state index >= 15 is 0 Å². The summed E-state index contributed by atoms with van der Waals surface area (Å²) in [6.07, 6.45) is 4.88. The third kappa shape index (κ3) is 4.82. The first-order valence-electron chi connectivity index (χ1n) is 9.22. The lowest BCUT2D eigenvalue weighted by atomic mass is 10.0. The number of hydrogen-bond acceptors (Lipinski definition) is 6. The Bertz CT molecular complexity index is 958. The van der Waals surface area contributed by atoms with Crippen molar-refractivity contribution in [2.24, 2.45) is 0 Å². The normalized spacial score (nSPS) is 13.0. The molecule has 6 nitrogen and oxygen atoms in total.